The van der Waals surface area contributed by atoms with Crippen LogP contribution in [0, 0.1) is 23.0 Å². The van der Waals surface area contributed by atoms with Gasteiger partial charge in [-0.3, -0.25) is 0 Å². The van der Waals surface area contributed by atoms with Gasteiger partial charge in [0, 0.05) is 5.56 Å². The molecule has 0 saturated carbocycles. The molecule has 1 atom stereocenters. The van der Waals surface area contributed by atoms with Crippen LogP contribution in [-0.4, -0.2) is 0 Å². The molecule has 14 heavy (non-hydrogen) atoms. The average molecular weight is 195 g/mol. The maximum Gasteiger partial charge on any atom is 0.163 e. The zero-order valence-electron chi connectivity index (χ0n) is 8.14. The first-order valence-corrected chi connectivity index (χ1v) is 4.41. The van der Waals surface area contributed by atoms with Crippen LogP contribution in [0.4, 0.5) is 8.78 Å². The molecular formula is C11H11F2N. The first-order chi connectivity index (χ1) is 6.55. The van der Waals surface area contributed by atoms with E-state index in [1.54, 1.807) is 13.8 Å². The van der Waals surface area contributed by atoms with E-state index in [9.17, 15) is 8.78 Å². The summed E-state index contributed by atoms with van der Waals surface area (Å²) in [5.74, 6) is -1.82. The third-order valence-corrected chi connectivity index (χ3v) is 2.50. The lowest BCUT2D eigenvalue weighted by Gasteiger charge is -2.20. The Morgan fingerprint density at radius 2 is 2.07 bits per heavy atom. The number of nitriles is 1. The van der Waals surface area contributed by atoms with Gasteiger partial charge in [0.15, 0.2) is 11.6 Å². The topological polar surface area (TPSA) is 23.8 Å². The highest BCUT2D eigenvalue weighted by Gasteiger charge is 2.28. The Labute approximate surface area is 82.0 Å². The molecule has 1 nitrogen and oxygen atoms in total. The number of hydrogen-bond donors (Lipinski definition) is 0. The summed E-state index contributed by atoms with van der Waals surface area (Å²) < 4.78 is 26.2. The van der Waals surface area contributed by atoms with Crippen molar-refractivity contribution in [2.75, 3.05) is 0 Å². The molecule has 74 valence electrons. The highest BCUT2D eigenvalue weighted by Crippen LogP contribution is 2.29. The fraction of sp³-hybridized carbons (Fsp3) is 0.364. The van der Waals surface area contributed by atoms with Crippen LogP contribution in [0.5, 0.6) is 0 Å². The molecule has 0 aromatic heterocycles. The predicted molar refractivity (Wildman–Crippen MR) is 49.6 cm³/mol. The third kappa shape index (κ3) is 1.60. The molecule has 0 aliphatic carbocycles. The largest absolute Gasteiger partial charge is 0.204 e. The Bertz CT molecular complexity index is 381. The van der Waals surface area contributed by atoms with Crippen LogP contribution >= 0.6 is 0 Å². The second-order valence-electron chi connectivity index (χ2n) is 3.40. The van der Waals surface area contributed by atoms with E-state index >= 15 is 0 Å². The molecule has 0 heterocycles. The van der Waals surface area contributed by atoms with Gasteiger partial charge in [-0.25, -0.2) is 8.78 Å². The quantitative estimate of drug-likeness (QED) is 0.711. The Hall–Kier alpha value is -1.43. The van der Waals surface area contributed by atoms with Crippen molar-refractivity contribution in [3.8, 4) is 6.07 Å². The normalized spacial score (nSPS) is 14.5. The van der Waals surface area contributed by atoms with E-state index in [0.717, 1.165) is 6.07 Å². The lowest BCUT2D eigenvalue weighted by molar-refractivity contribution is 0.467. The molecule has 0 amide bonds. The molecule has 1 aromatic rings. The first kappa shape index (κ1) is 10.6. The molecule has 0 spiro atoms. The minimum atomic E-state index is -0.952. The minimum Gasteiger partial charge on any atom is -0.204 e. The van der Waals surface area contributed by atoms with Gasteiger partial charge in [0.05, 0.1) is 11.5 Å². The summed E-state index contributed by atoms with van der Waals surface area (Å²) in [4.78, 5) is 0. The van der Waals surface area contributed by atoms with E-state index in [1.807, 2.05) is 6.07 Å². The molecule has 0 N–H and O–H groups in total. The van der Waals surface area contributed by atoms with Gasteiger partial charge in [-0.2, -0.15) is 5.26 Å². The standard InChI is InChI=1S/C11H11F2N/c1-3-11(2,7-14)8-5-4-6-9(12)10(8)13/h4-6H,3H2,1-2H3. The smallest absolute Gasteiger partial charge is 0.163 e. The summed E-state index contributed by atoms with van der Waals surface area (Å²) in [5, 5.41) is 8.91. The van der Waals surface area contributed by atoms with Crippen molar-refractivity contribution in [2.24, 2.45) is 0 Å². The fourth-order valence-corrected chi connectivity index (χ4v) is 1.26. The summed E-state index contributed by atoms with van der Waals surface area (Å²) in [6.45, 7) is 3.37. The summed E-state index contributed by atoms with van der Waals surface area (Å²) in [5.41, 5.74) is -0.825. The summed E-state index contributed by atoms with van der Waals surface area (Å²) in [6, 6.07) is 5.92. The number of hydrogen-bond acceptors (Lipinski definition) is 1. The molecule has 3 heteroatoms. The lowest BCUT2D eigenvalue weighted by atomic mass is 9.81. The Kier molecular flexibility index (Phi) is 2.85. The zero-order valence-corrected chi connectivity index (χ0v) is 8.14. The molecule has 1 rings (SSSR count). The maximum atomic E-state index is 13.3. The van der Waals surface area contributed by atoms with Crippen LogP contribution in [0.1, 0.15) is 25.8 Å². The van der Waals surface area contributed by atoms with Gasteiger partial charge in [0.25, 0.3) is 0 Å². The van der Waals surface area contributed by atoms with E-state index in [4.69, 9.17) is 5.26 Å². The Morgan fingerprint density at radius 1 is 1.43 bits per heavy atom. The monoisotopic (exact) mass is 195 g/mol. The lowest BCUT2D eigenvalue weighted by Crippen LogP contribution is -2.20. The van der Waals surface area contributed by atoms with Crippen LogP contribution in [0.15, 0.2) is 18.2 Å². The Balaban J connectivity index is 3.33. The van der Waals surface area contributed by atoms with Gasteiger partial charge in [0.1, 0.15) is 0 Å². The van der Waals surface area contributed by atoms with Gasteiger partial charge in [-0.05, 0) is 19.4 Å². The summed E-state index contributed by atoms with van der Waals surface area (Å²) in [6.07, 6.45) is 0.448. The van der Waals surface area contributed by atoms with Gasteiger partial charge >= 0.3 is 0 Å². The molecule has 0 saturated heterocycles. The van der Waals surface area contributed by atoms with Crippen LogP contribution in [0.3, 0.4) is 0 Å². The summed E-state index contributed by atoms with van der Waals surface area (Å²) >= 11 is 0. The van der Waals surface area contributed by atoms with Crippen molar-refractivity contribution in [3.63, 3.8) is 0 Å². The molecule has 0 fully saturated rings. The van der Waals surface area contributed by atoms with Crippen LogP contribution in [0.2, 0.25) is 0 Å². The zero-order chi connectivity index (χ0) is 10.8. The van der Waals surface area contributed by atoms with E-state index in [-0.39, 0.29) is 5.56 Å². The van der Waals surface area contributed by atoms with Crippen LogP contribution in [0.25, 0.3) is 0 Å². The Morgan fingerprint density at radius 3 is 2.57 bits per heavy atom. The second-order valence-corrected chi connectivity index (χ2v) is 3.40. The van der Waals surface area contributed by atoms with Gasteiger partial charge in [-0.1, -0.05) is 19.1 Å². The van der Waals surface area contributed by atoms with Crippen molar-refractivity contribution < 1.29 is 8.78 Å². The SMILES string of the molecule is CCC(C)(C#N)c1cccc(F)c1F. The molecule has 1 aromatic carbocycles. The maximum absolute atomic E-state index is 13.3. The predicted octanol–water partition coefficient (Wildman–Crippen LogP) is 3.16. The van der Waals surface area contributed by atoms with E-state index in [2.05, 4.69) is 0 Å². The average Bonchev–Trinajstić information content (AvgIpc) is 2.21. The number of nitrogens with zero attached hydrogens (tertiary/aromatic N) is 1. The first-order valence-electron chi connectivity index (χ1n) is 4.41. The van der Waals surface area contributed by atoms with Gasteiger partial charge in [-0.15, -0.1) is 0 Å². The molecule has 0 bridgehead atoms. The van der Waals surface area contributed by atoms with Gasteiger partial charge in [0.2, 0.25) is 0 Å². The van der Waals surface area contributed by atoms with E-state index in [1.165, 1.54) is 12.1 Å². The van der Waals surface area contributed by atoms with Crippen LogP contribution < -0.4 is 0 Å². The number of rotatable bonds is 2. The molecule has 0 radical (unpaired) electrons. The number of benzene rings is 1. The van der Waals surface area contributed by atoms with Crippen molar-refractivity contribution in [2.45, 2.75) is 25.7 Å². The minimum absolute atomic E-state index is 0.127. The molecule has 0 aliphatic heterocycles. The van der Waals surface area contributed by atoms with Crippen molar-refractivity contribution >= 4 is 0 Å². The second kappa shape index (κ2) is 3.75. The van der Waals surface area contributed by atoms with Crippen molar-refractivity contribution in [1.82, 2.24) is 0 Å². The number of halogens is 2. The van der Waals surface area contributed by atoms with Gasteiger partial charge < -0.3 is 0 Å². The van der Waals surface area contributed by atoms with E-state index < -0.39 is 17.0 Å². The van der Waals surface area contributed by atoms with E-state index in [0.29, 0.717) is 6.42 Å². The van der Waals surface area contributed by atoms with Crippen molar-refractivity contribution in [3.05, 3.63) is 35.4 Å². The van der Waals surface area contributed by atoms with Crippen molar-refractivity contribution in [1.29, 1.82) is 5.26 Å². The molecular weight excluding hydrogens is 184 g/mol. The third-order valence-electron chi connectivity index (χ3n) is 2.50. The highest BCUT2D eigenvalue weighted by atomic mass is 19.2. The highest BCUT2D eigenvalue weighted by molar-refractivity contribution is 5.32. The summed E-state index contributed by atoms with van der Waals surface area (Å²) in [7, 11) is 0. The van der Waals surface area contributed by atoms with Crippen LogP contribution in [-0.2, 0) is 5.41 Å². The fourth-order valence-electron chi connectivity index (χ4n) is 1.26. The molecule has 1 unspecified atom stereocenters. The molecule has 0 aliphatic rings.